The second-order valence-corrected chi connectivity index (χ2v) is 4.22. The Morgan fingerprint density at radius 1 is 1.47 bits per heavy atom. The molecule has 0 bridgehead atoms. The van der Waals surface area contributed by atoms with Crippen LogP contribution < -0.4 is 51.4 Å². The summed E-state index contributed by atoms with van der Waals surface area (Å²) in [5, 5.41) is 0. The number of carbonyl (C=O) groups excluding carboxylic acids is 1. The molecular formula is C8H14BF3KNO. The zero-order valence-electron chi connectivity index (χ0n) is 9.34. The van der Waals surface area contributed by atoms with Gasteiger partial charge in [-0.3, -0.25) is 4.79 Å². The number of rotatable bonds is 3. The number of hydrogen-bond acceptors (Lipinski definition) is 1. The minimum absolute atomic E-state index is 0. The average molecular weight is 247 g/mol. The molecule has 82 valence electrons. The van der Waals surface area contributed by atoms with Gasteiger partial charge in [-0.05, 0) is 18.3 Å². The normalized spacial score (nSPS) is 22.1. The molecule has 0 N–H and O–H groups in total. The minimum atomic E-state index is -4.88. The third-order valence-electron chi connectivity index (χ3n) is 2.61. The van der Waals surface area contributed by atoms with Crippen LogP contribution in [0.2, 0.25) is 0 Å². The van der Waals surface area contributed by atoms with Gasteiger partial charge in [0.25, 0.3) is 0 Å². The van der Waals surface area contributed by atoms with Crippen LogP contribution in [0.15, 0.2) is 0 Å². The number of halogens is 3. The molecule has 0 aromatic heterocycles. The summed E-state index contributed by atoms with van der Waals surface area (Å²) < 4.78 is 36.2. The largest absolute Gasteiger partial charge is 1.00 e. The smallest absolute Gasteiger partial charge is 0.448 e. The first-order valence-corrected chi connectivity index (χ1v) is 4.78. The topological polar surface area (TPSA) is 20.3 Å². The molecule has 1 saturated heterocycles. The summed E-state index contributed by atoms with van der Waals surface area (Å²) in [7, 11) is 0. The Kier molecular flexibility index (Phi) is 6.43. The molecule has 0 radical (unpaired) electrons. The first kappa shape index (κ1) is 16.0. The molecule has 1 aliphatic heterocycles. The molecule has 0 saturated carbocycles. The summed E-state index contributed by atoms with van der Waals surface area (Å²) in [6.45, 7) is -0.759. The molecule has 1 amide bonds. The summed E-state index contributed by atoms with van der Waals surface area (Å²) in [5.41, 5.74) is 0. The van der Waals surface area contributed by atoms with E-state index < -0.39 is 13.4 Å². The predicted molar refractivity (Wildman–Crippen MR) is 48.6 cm³/mol. The van der Waals surface area contributed by atoms with Crippen molar-refractivity contribution in [2.45, 2.75) is 20.3 Å². The van der Waals surface area contributed by atoms with E-state index >= 15 is 0 Å². The molecule has 7 heteroatoms. The van der Waals surface area contributed by atoms with E-state index in [2.05, 4.69) is 0 Å². The Hall–Kier alpha value is 0.961. The molecule has 1 heterocycles. The second kappa shape index (κ2) is 6.05. The minimum Gasteiger partial charge on any atom is -0.448 e. The van der Waals surface area contributed by atoms with Crippen LogP contribution in [0.1, 0.15) is 20.3 Å². The molecular weight excluding hydrogens is 233 g/mol. The fourth-order valence-electron chi connectivity index (χ4n) is 1.68. The van der Waals surface area contributed by atoms with Crippen molar-refractivity contribution >= 4 is 12.9 Å². The van der Waals surface area contributed by atoms with Gasteiger partial charge < -0.3 is 17.8 Å². The van der Waals surface area contributed by atoms with Gasteiger partial charge in [-0.1, -0.05) is 13.8 Å². The first-order chi connectivity index (χ1) is 6.29. The molecule has 1 aliphatic rings. The van der Waals surface area contributed by atoms with Gasteiger partial charge in [-0.25, -0.2) is 0 Å². The van der Waals surface area contributed by atoms with Gasteiger partial charge in [0.05, 0.1) is 0 Å². The van der Waals surface area contributed by atoms with Gasteiger partial charge in [-0.2, -0.15) is 0 Å². The maximum absolute atomic E-state index is 12.1. The number of hydrogen-bond donors (Lipinski definition) is 0. The fourth-order valence-corrected chi connectivity index (χ4v) is 1.68. The van der Waals surface area contributed by atoms with Gasteiger partial charge >= 0.3 is 58.4 Å². The molecule has 1 fully saturated rings. The van der Waals surface area contributed by atoms with E-state index in [4.69, 9.17) is 0 Å². The van der Waals surface area contributed by atoms with Crippen LogP contribution in [-0.2, 0) is 4.79 Å². The number of likely N-dealkylation sites (tertiary alicyclic amines) is 1. The van der Waals surface area contributed by atoms with Crippen molar-refractivity contribution < 1.29 is 69.1 Å². The fraction of sp³-hybridized carbons (Fsp3) is 0.875. The number of amides is 1. The van der Waals surface area contributed by atoms with E-state index in [1.165, 1.54) is 0 Å². The van der Waals surface area contributed by atoms with Crippen LogP contribution in [0.4, 0.5) is 12.9 Å². The Bertz CT molecular complexity index is 234. The molecule has 2 nitrogen and oxygen atoms in total. The molecule has 1 rings (SSSR count). The molecule has 15 heavy (non-hydrogen) atoms. The molecule has 0 aromatic carbocycles. The number of nitrogens with zero attached hydrogens (tertiary/aromatic N) is 1. The van der Waals surface area contributed by atoms with Gasteiger partial charge in [0.2, 0.25) is 5.91 Å². The Labute approximate surface area is 130 Å². The zero-order chi connectivity index (χ0) is 10.9. The third-order valence-corrected chi connectivity index (χ3v) is 2.61. The van der Waals surface area contributed by atoms with E-state index in [-0.39, 0.29) is 82.1 Å². The summed E-state index contributed by atoms with van der Waals surface area (Å²) in [6, 6.07) is 0. The number of carbonyl (C=O) groups is 1. The van der Waals surface area contributed by atoms with E-state index in [1.807, 2.05) is 13.8 Å². The summed E-state index contributed by atoms with van der Waals surface area (Å²) in [6.07, 6.45) is -0.772. The van der Waals surface area contributed by atoms with Crippen LogP contribution in [0.5, 0.6) is 0 Å². The van der Waals surface area contributed by atoms with E-state index in [0.29, 0.717) is 0 Å². The van der Waals surface area contributed by atoms with E-state index in [9.17, 15) is 17.7 Å². The van der Waals surface area contributed by atoms with Gasteiger partial charge in [0.1, 0.15) is 0 Å². The predicted octanol–water partition coefficient (Wildman–Crippen LogP) is -1.12. The van der Waals surface area contributed by atoms with Crippen molar-refractivity contribution in [3.05, 3.63) is 0 Å². The molecule has 0 aromatic rings. The van der Waals surface area contributed by atoms with Crippen LogP contribution in [-0.4, -0.2) is 30.8 Å². The Morgan fingerprint density at radius 2 is 2.00 bits per heavy atom. The van der Waals surface area contributed by atoms with Crippen molar-refractivity contribution in [2.24, 2.45) is 11.8 Å². The van der Waals surface area contributed by atoms with Crippen LogP contribution in [0.3, 0.4) is 0 Å². The van der Waals surface area contributed by atoms with E-state index in [0.717, 1.165) is 4.90 Å². The molecule has 1 atom stereocenters. The summed E-state index contributed by atoms with van der Waals surface area (Å²) in [4.78, 5) is 12.1. The standard InChI is InChI=1S/C8H14BF3NO.K/c1-6(2)7-3-8(14)13(4-7)5-9(10,11)12;/h6-7H,3-5H2,1-2H3;/q-1;+1. The van der Waals surface area contributed by atoms with Gasteiger partial charge in [-0.15, -0.1) is 0 Å². The van der Waals surface area contributed by atoms with Crippen molar-refractivity contribution in [2.75, 3.05) is 13.0 Å². The maximum Gasteiger partial charge on any atom is 1.00 e. The van der Waals surface area contributed by atoms with Gasteiger partial charge in [0, 0.05) is 13.0 Å². The Balaban J connectivity index is 0.00000196. The van der Waals surface area contributed by atoms with Crippen LogP contribution in [0.25, 0.3) is 0 Å². The zero-order valence-corrected chi connectivity index (χ0v) is 12.5. The second-order valence-electron chi connectivity index (χ2n) is 4.22. The summed E-state index contributed by atoms with van der Waals surface area (Å²) in [5.74, 6) is -0.00627. The van der Waals surface area contributed by atoms with Crippen molar-refractivity contribution in [3.63, 3.8) is 0 Å². The molecule has 0 aliphatic carbocycles. The van der Waals surface area contributed by atoms with Crippen molar-refractivity contribution in [1.29, 1.82) is 0 Å². The van der Waals surface area contributed by atoms with Crippen LogP contribution in [0, 0.1) is 11.8 Å². The van der Waals surface area contributed by atoms with Gasteiger partial charge in [0.15, 0.2) is 0 Å². The molecule has 0 spiro atoms. The van der Waals surface area contributed by atoms with Crippen LogP contribution >= 0.6 is 0 Å². The maximum atomic E-state index is 12.1. The summed E-state index contributed by atoms with van der Waals surface area (Å²) >= 11 is 0. The first-order valence-electron chi connectivity index (χ1n) is 4.78. The average Bonchev–Trinajstić information content (AvgIpc) is 2.29. The quantitative estimate of drug-likeness (QED) is 0.579. The van der Waals surface area contributed by atoms with E-state index in [1.54, 1.807) is 0 Å². The Morgan fingerprint density at radius 3 is 2.33 bits per heavy atom. The SMILES string of the molecule is CC(C)C1CC(=O)N(C[B-](F)(F)F)C1.[K+]. The monoisotopic (exact) mass is 247 g/mol. The van der Waals surface area contributed by atoms with Crippen molar-refractivity contribution in [3.8, 4) is 0 Å². The third kappa shape index (κ3) is 5.21. The van der Waals surface area contributed by atoms with Crippen molar-refractivity contribution in [1.82, 2.24) is 4.90 Å². The molecule has 1 unspecified atom stereocenters.